The Morgan fingerprint density at radius 1 is 1.14 bits per heavy atom. The first-order chi connectivity index (χ1) is 21.1. The zero-order chi connectivity index (χ0) is 31.0. The number of hydrogen-bond acceptors (Lipinski definition) is 6. The number of amides is 2. The van der Waals surface area contributed by atoms with Crippen molar-refractivity contribution in [2.45, 2.75) is 70.1 Å². The molecule has 2 atom stereocenters. The minimum atomic E-state index is -3.55. The van der Waals surface area contributed by atoms with E-state index in [0.717, 1.165) is 53.4 Å². The molecule has 1 fully saturated rings. The lowest BCUT2D eigenvalue weighted by Gasteiger charge is -2.28. The molecule has 0 radical (unpaired) electrons. The van der Waals surface area contributed by atoms with Crippen molar-refractivity contribution in [1.82, 2.24) is 15.1 Å². The smallest absolute Gasteiger partial charge is 0.321 e. The number of carbonyl (C=O) groups is 2. The Labute approximate surface area is 253 Å². The van der Waals surface area contributed by atoms with E-state index in [4.69, 9.17) is 19.9 Å². The molecular formula is C33H34F2N4O5. The van der Waals surface area contributed by atoms with Gasteiger partial charge in [0.2, 0.25) is 5.91 Å². The van der Waals surface area contributed by atoms with Crippen LogP contribution in [0.2, 0.25) is 0 Å². The predicted octanol–water partition coefficient (Wildman–Crippen LogP) is 5.93. The van der Waals surface area contributed by atoms with E-state index >= 15 is 0 Å². The summed E-state index contributed by atoms with van der Waals surface area (Å²) >= 11 is 0. The summed E-state index contributed by atoms with van der Waals surface area (Å²) in [6.45, 7) is 2.66. The van der Waals surface area contributed by atoms with Gasteiger partial charge in [-0.1, -0.05) is 31.0 Å². The predicted molar refractivity (Wildman–Crippen MR) is 159 cm³/mol. The van der Waals surface area contributed by atoms with E-state index in [0.29, 0.717) is 36.2 Å². The van der Waals surface area contributed by atoms with Crippen LogP contribution in [0, 0.1) is 0 Å². The first-order valence-corrected chi connectivity index (χ1v) is 14.7. The van der Waals surface area contributed by atoms with Gasteiger partial charge in [0.15, 0.2) is 6.79 Å². The van der Waals surface area contributed by atoms with Crippen molar-refractivity contribution in [2.24, 2.45) is 5.73 Å². The Kier molecular flexibility index (Phi) is 7.98. The summed E-state index contributed by atoms with van der Waals surface area (Å²) in [6, 6.07) is 15.6. The minimum absolute atomic E-state index is 0.0990. The van der Waals surface area contributed by atoms with Crippen molar-refractivity contribution >= 4 is 22.7 Å². The molecule has 0 spiro atoms. The van der Waals surface area contributed by atoms with E-state index in [1.54, 1.807) is 37.4 Å². The molecule has 11 heteroatoms. The third kappa shape index (κ3) is 5.84. The number of benzene rings is 3. The number of aromatic nitrogens is 2. The third-order valence-corrected chi connectivity index (χ3v) is 8.33. The summed E-state index contributed by atoms with van der Waals surface area (Å²) in [4.78, 5) is 24.6. The van der Waals surface area contributed by atoms with Gasteiger partial charge in [0, 0.05) is 23.4 Å². The average Bonchev–Trinajstić information content (AvgIpc) is 3.69. The van der Waals surface area contributed by atoms with Gasteiger partial charge < -0.3 is 25.3 Å². The molecule has 2 heterocycles. The standard InChI is InChI=1S/C33H34F2N4O5/c1-19(38-32(41)33(2,34)35)30(21-10-11-22-17-42-18-43-28(22)15-21)44-24-12-13-26-23(14-24)16-37-39(26)27-9-5-8-25(31(36)40)29(27)20-6-3-4-7-20/h5,8-16,19-20,30H,3-4,6-7,17-18H2,1-2H3,(H2,36,40)(H,38,41)/t19-,30-/m0/s1. The summed E-state index contributed by atoms with van der Waals surface area (Å²) < 4.78 is 46.7. The number of fused-ring (bicyclic) bond motifs is 2. The van der Waals surface area contributed by atoms with Crippen LogP contribution in [0.4, 0.5) is 8.78 Å². The number of alkyl halides is 2. The van der Waals surface area contributed by atoms with Crippen LogP contribution < -0.4 is 20.5 Å². The van der Waals surface area contributed by atoms with E-state index in [9.17, 15) is 18.4 Å². The fraction of sp³-hybridized carbons (Fsp3) is 0.364. The summed E-state index contributed by atoms with van der Waals surface area (Å²) in [5.74, 6) is -4.13. The summed E-state index contributed by atoms with van der Waals surface area (Å²) in [7, 11) is 0. The van der Waals surface area contributed by atoms with E-state index in [1.165, 1.54) is 0 Å². The molecule has 44 heavy (non-hydrogen) atoms. The van der Waals surface area contributed by atoms with Crippen molar-refractivity contribution in [3.05, 3.63) is 83.0 Å². The van der Waals surface area contributed by atoms with E-state index in [-0.39, 0.29) is 12.7 Å². The van der Waals surface area contributed by atoms with Gasteiger partial charge in [-0.2, -0.15) is 13.9 Å². The van der Waals surface area contributed by atoms with Crippen molar-refractivity contribution in [3.63, 3.8) is 0 Å². The fourth-order valence-corrected chi connectivity index (χ4v) is 6.15. The van der Waals surface area contributed by atoms with Crippen LogP contribution in [-0.2, 0) is 16.1 Å². The lowest BCUT2D eigenvalue weighted by Crippen LogP contribution is -2.46. The molecule has 2 aliphatic rings. The number of rotatable bonds is 9. The molecule has 230 valence electrons. The maximum Gasteiger partial charge on any atom is 0.321 e. The van der Waals surface area contributed by atoms with Crippen LogP contribution in [0.25, 0.3) is 16.6 Å². The Morgan fingerprint density at radius 3 is 2.68 bits per heavy atom. The maximum atomic E-state index is 13.8. The molecule has 0 saturated heterocycles. The normalized spacial score (nSPS) is 16.6. The lowest BCUT2D eigenvalue weighted by molar-refractivity contribution is -0.144. The zero-order valence-corrected chi connectivity index (χ0v) is 24.5. The monoisotopic (exact) mass is 604 g/mol. The van der Waals surface area contributed by atoms with Crippen LogP contribution in [0.1, 0.15) is 78.6 Å². The summed E-state index contributed by atoms with van der Waals surface area (Å²) in [6.07, 6.45) is 5.04. The molecule has 3 N–H and O–H groups in total. The molecule has 1 aliphatic carbocycles. The van der Waals surface area contributed by atoms with Crippen molar-refractivity contribution in [1.29, 1.82) is 0 Å². The molecule has 0 bridgehead atoms. The number of nitrogens with two attached hydrogens (primary N) is 1. The highest BCUT2D eigenvalue weighted by Gasteiger charge is 2.35. The third-order valence-electron chi connectivity index (χ3n) is 8.33. The van der Waals surface area contributed by atoms with Crippen LogP contribution in [0.5, 0.6) is 11.5 Å². The number of nitrogens with one attached hydrogen (secondary N) is 1. The topological polar surface area (TPSA) is 118 Å². The fourth-order valence-electron chi connectivity index (χ4n) is 6.15. The second-order valence-electron chi connectivity index (χ2n) is 11.5. The van der Waals surface area contributed by atoms with Gasteiger partial charge in [0.05, 0.1) is 30.0 Å². The van der Waals surface area contributed by atoms with Crippen molar-refractivity contribution in [3.8, 4) is 17.2 Å². The number of carbonyl (C=O) groups excluding carboxylic acids is 2. The summed E-state index contributed by atoms with van der Waals surface area (Å²) in [5.41, 5.74) is 10.3. The Bertz CT molecular complexity index is 1710. The molecule has 4 aromatic rings. The Balaban J connectivity index is 1.35. The number of primary amides is 1. The first kappa shape index (κ1) is 29.6. The average molecular weight is 605 g/mol. The molecular weight excluding hydrogens is 570 g/mol. The van der Waals surface area contributed by atoms with Crippen LogP contribution in [0.15, 0.2) is 60.8 Å². The molecule has 0 unspecified atom stereocenters. The van der Waals surface area contributed by atoms with Crippen LogP contribution >= 0.6 is 0 Å². The SMILES string of the molecule is C[C@H](NC(=O)C(C)(F)F)[C@H](Oc1ccc2c(cnn2-c2cccc(C(N)=O)c2C2CCCC2)c1)c1ccc2c(c1)OCOC2. The number of halogens is 2. The number of hydrogen-bond donors (Lipinski definition) is 2. The molecule has 3 aromatic carbocycles. The van der Waals surface area contributed by atoms with Gasteiger partial charge in [-0.3, -0.25) is 9.59 Å². The van der Waals surface area contributed by atoms with Gasteiger partial charge in [-0.15, -0.1) is 0 Å². The highest BCUT2D eigenvalue weighted by Crippen LogP contribution is 2.40. The largest absolute Gasteiger partial charge is 0.484 e. The molecule has 9 nitrogen and oxygen atoms in total. The second-order valence-corrected chi connectivity index (χ2v) is 11.5. The van der Waals surface area contributed by atoms with Gasteiger partial charge in [-0.25, -0.2) is 4.68 Å². The lowest BCUT2D eigenvalue weighted by atomic mass is 9.90. The molecule has 1 aliphatic heterocycles. The zero-order valence-electron chi connectivity index (χ0n) is 24.5. The van der Waals surface area contributed by atoms with Gasteiger partial charge in [-0.05, 0) is 73.2 Å². The first-order valence-electron chi connectivity index (χ1n) is 14.7. The van der Waals surface area contributed by atoms with Gasteiger partial charge >= 0.3 is 5.92 Å². The van der Waals surface area contributed by atoms with Crippen molar-refractivity contribution < 1.29 is 32.6 Å². The molecule has 6 rings (SSSR count). The van der Waals surface area contributed by atoms with E-state index in [2.05, 4.69) is 10.4 Å². The quantitative estimate of drug-likeness (QED) is 0.245. The molecule has 1 aromatic heterocycles. The van der Waals surface area contributed by atoms with Crippen LogP contribution in [-0.4, -0.2) is 40.4 Å². The Morgan fingerprint density at radius 2 is 1.93 bits per heavy atom. The van der Waals surface area contributed by atoms with Crippen LogP contribution in [0.3, 0.4) is 0 Å². The van der Waals surface area contributed by atoms with E-state index < -0.39 is 29.9 Å². The van der Waals surface area contributed by atoms with E-state index in [1.807, 2.05) is 35.0 Å². The Hall–Kier alpha value is -4.51. The number of nitrogens with zero attached hydrogens (tertiary/aromatic N) is 2. The highest BCUT2D eigenvalue weighted by molar-refractivity contribution is 5.96. The molecule has 2 amide bonds. The molecule has 1 saturated carbocycles. The van der Waals surface area contributed by atoms with Crippen molar-refractivity contribution in [2.75, 3.05) is 6.79 Å². The van der Waals surface area contributed by atoms with Gasteiger partial charge in [0.25, 0.3) is 5.91 Å². The summed E-state index contributed by atoms with van der Waals surface area (Å²) in [5, 5.41) is 7.83. The number of ether oxygens (including phenoxy) is 3. The maximum absolute atomic E-state index is 13.8. The van der Waals surface area contributed by atoms with Gasteiger partial charge in [0.1, 0.15) is 17.6 Å². The minimum Gasteiger partial charge on any atom is -0.484 e. The second kappa shape index (κ2) is 11.9. The highest BCUT2D eigenvalue weighted by atomic mass is 19.3.